The first-order chi connectivity index (χ1) is 29.7. The smallest absolute Gasteiger partial charge is 0.472 e. The first-order valence-electron chi connectivity index (χ1n) is 26.1. The van der Waals surface area contributed by atoms with Gasteiger partial charge in [-0.15, -0.1) is 0 Å². The fourth-order valence-electron chi connectivity index (χ4n) is 7.84. The lowest BCUT2D eigenvalue weighted by Gasteiger charge is -2.20. The number of phosphoric acid groups is 1. The van der Waals surface area contributed by atoms with E-state index in [9.17, 15) is 19.0 Å². The van der Waals surface area contributed by atoms with Crippen LogP contribution in [0.4, 0.5) is 0 Å². The Kier molecular flexibility index (Phi) is 46.2. The van der Waals surface area contributed by atoms with E-state index in [4.69, 9.17) is 29.4 Å². The van der Waals surface area contributed by atoms with E-state index >= 15 is 0 Å². The molecule has 0 aromatic carbocycles. The Morgan fingerprint density at radius 1 is 0.459 bits per heavy atom. The second-order valence-electron chi connectivity index (χ2n) is 18.0. The van der Waals surface area contributed by atoms with E-state index in [1.54, 1.807) is 0 Å². The maximum atomic E-state index is 12.7. The fraction of sp³-hybridized carbons (Fsp3) is 0.960. The van der Waals surface area contributed by atoms with Gasteiger partial charge in [-0.3, -0.25) is 18.6 Å². The Hall–Kier alpha value is -1.03. The van der Waals surface area contributed by atoms with E-state index in [-0.39, 0.29) is 13.0 Å². The minimum atomic E-state index is -4.61. The van der Waals surface area contributed by atoms with Crippen LogP contribution in [-0.4, -0.2) is 60.5 Å². The molecule has 4 N–H and O–H groups in total. The van der Waals surface area contributed by atoms with E-state index < -0.39 is 45.1 Å². The van der Waals surface area contributed by atoms with Crippen LogP contribution < -0.4 is 5.73 Å². The van der Waals surface area contributed by atoms with Crippen molar-refractivity contribution in [1.29, 1.82) is 0 Å². The summed E-state index contributed by atoms with van der Waals surface area (Å²) in [5, 5.41) is 8.92. The number of carbonyl (C=O) groups excluding carboxylic acids is 1. The minimum Gasteiger partial charge on any atom is -0.480 e. The van der Waals surface area contributed by atoms with Gasteiger partial charge in [0, 0.05) is 13.0 Å². The molecule has 3 atom stereocenters. The molecule has 0 saturated heterocycles. The summed E-state index contributed by atoms with van der Waals surface area (Å²) in [4.78, 5) is 33.6. The van der Waals surface area contributed by atoms with E-state index in [1.165, 1.54) is 212 Å². The fourth-order valence-corrected chi connectivity index (χ4v) is 8.62. The number of carboxylic acid groups (broad SMARTS) is 1. The van der Waals surface area contributed by atoms with Gasteiger partial charge in [-0.25, -0.2) is 4.57 Å². The van der Waals surface area contributed by atoms with Gasteiger partial charge in [0.15, 0.2) is 0 Å². The van der Waals surface area contributed by atoms with Crippen molar-refractivity contribution in [3.63, 3.8) is 0 Å². The van der Waals surface area contributed by atoms with Crippen LogP contribution >= 0.6 is 7.82 Å². The summed E-state index contributed by atoms with van der Waals surface area (Å²) in [6.07, 6.45) is 50.2. The molecular weight excluding hydrogens is 790 g/mol. The highest BCUT2D eigenvalue weighted by molar-refractivity contribution is 7.47. The van der Waals surface area contributed by atoms with Crippen molar-refractivity contribution in [3.8, 4) is 0 Å². The van der Waals surface area contributed by atoms with Crippen LogP contribution in [0.25, 0.3) is 0 Å². The molecule has 11 heteroatoms. The zero-order valence-electron chi connectivity index (χ0n) is 40.0. The van der Waals surface area contributed by atoms with Crippen LogP contribution in [0.15, 0.2) is 0 Å². The van der Waals surface area contributed by atoms with Crippen LogP contribution in [0, 0.1) is 0 Å². The van der Waals surface area contributed by atoms with Gasteiger partial charge < -0.3 is 25.2 Å². The van der Waals surface area contributed by atoms with Crippen molar-refractivity contribution < 1.29 is 42.7 Å². The Balaban J connectivity index is 4.02. The Morgan fingerprint density at radius 3 is 1.08 bits per heavy atom. The minimum absolute atomic E-state index is 0.0264. The number of esters is 1. The third kappa shape index (κ3) is 46.8. The molecule has 0 aromatic rings. The second-order valence-corrected chi connectivity index (χ2v) is 19.5. The topological polar surface area (TPSA) is 155 Å². The van der Waals surface area contributed by atoms with Crippen molar-refractivity contribution in [2.24, 2.45) is 5.73 Å². The highest BCUT2D eigenvalue weighted by Crippen LogP contribution is 2.43. The number of hydrogen-bond acceptors (Lipinski definition) is 8. The number of unbranched alkanes of at least 4 members (excludes halogenated alkanes) is 37. The largest absolute Gasteiger partial charge is 0.480 e. The third-order valence-electron chi connectivity index (χ3n) is 11.9. The first-order valence-corrected chi connectivity index (χ1v) is 27.6. The normalized spacial score (nSPS) is 13.6. The highest BCUT2D eigenvalue weighted by atomic mass is 31.2. The van der Waals surface area contributed by atoms with E-state index in [1.807, 2.05) is 0 Å². The van der Waals surface area contributed by atoms with E-state index in [2.05, 4.69) is 13.8 Å². The molecule has 0 aliphatic rings. The molecule has 0 bridgehead atoms. The number of carbonyl (C=O) groups is 2. The quantitative estimate of drug-likeness (QED) is 0.0305. The molecule has 0 aromatic heterocycles. The Bertz CT molecular complexity index is 987. The molecule has 61 heavy (non-hydrogen) atoms. The van der Waals surface area contributed by atoms with Crippen LogP contribution in [0.3, 0.4) is 0 Å². The standard InChI is InChI=1S/C50H100NO9P/c1-3-5-7-9-11-13-15-17-19-20-21-22-23-24-25-26-27-29-31-33-35-37-39-41-43-57-44-47(45-58-61(55,56)59-46-48(51)50(53)54)60-49(52)42-40-38-36-34-32-30-28-18-16-14-12-10-8-6-4-2/h47-48H,3-46,51H2,1-2H3,(H,53,54)(H,55,56). The van der Waals surface area contributed by atoms with Crippen molar-refractivity contribution in [3.05, 3.63) is 0 Å². The number of hydrogen-bond donors (Lipinski definition) is 3. The summed E-state index contributed by atoms with van der Waals surface area (Å²) >= 11 is 0. The van der Waals surface area contributed by atoms with Gasteiger partial charge in [0.1, 0.15) is 12.1 Å². The molecule has 0 aliphatic heterocycles. The average Bonchev–Trinajstić information content (AvgIpc) is 3.24. The molecule has 3 unspecified atom stereocenters. The molecule has 0 radical (unpaired) electrons. The van der Waals surface area contributed by atoms with Crippen molar-refractivity contribution in [2.45, 2.75) is 283 Å². The molecule has 0 heterocycles. The van der Waals surface area contributed by atoms with Gasteiger partial charge in [-0.1, -0.05) is 251 Å². The molecule has 364 valence electrons. The van der Waals surface area contributed by atoms with Crippen molar-refractivity contribution in [2.75, 3.05) is 26.4 Å². The summed E-state index contributed by atoms with van der Waals surface area (Å²) < 4.78 is 33.5. The van der Waals surface area contributed by atoms with Gasteiger partial charge in [-0.05, 0) is 12.8 Å². The van der Waals surface area contributed by atoms with Gasteiger partial charge in [0.05, 0.1) is 19.8 Å². The molecule has 0 amide bonds. The van der Waals surface area contributed by atoms with Crippen LogP contribution in [0.5, 0.6) is 0 Å². The van der Waals surface area contributed by atoms with E-state index in [0.29, 0.717) is 6.61 Å². The molecule has 0 spiro atoms. The number of phosphoric ester groups is 1. The number of rotatable bonds is 51. The summed E-state index contributed by atoms with van der Waals surface area (Å²) in [5.74, 6) is -1.76. The maximum Gasteiger partial charge on any atom is 0.472 e. The Labute approximate surface area is 376 Å². The summed E-state index contributed by atoms with van der Waals surface area (Å²) in [6, 6.07) is -1.47. The monoisotopic (exact) mass is 890 g/mol. The molecule has 10 nitrogen and oxygen atoms in total. The first kappa shape index (κ1) is 60.0. The number of ether oxygens (including phenoxy) is 2. The Morgan fingerprint density at radius 2 is 0.754 bits per heavy atom. The van der Waals surface area contributed by atoms with Crippen LogP contribution in [0.2, 0.25) is 0 Å². The molecule has 0 saturated carbocycles. The number of nitrogens with two attached hydrogens (primary N) is 1. The molecular formula is C50H100NO9P. The molecule has 0 rings (SSSR count). The lowest BCUT2D eigenvalue weighted by molar-refractivity contribution is -0.154. The summed E-state index contributed by atoms with van der Waals surface area (Å²) in [7, 11) is -4.61. The van der Waals surface area contributed by atoms with Gasteiger partial charge in [0.25, 0.3) is 0 Å². The predicted octanol–water partition coefficient (Wildman–Crippen LogP) is 15.1. The highest BCUT2D eigenvalue weighted by Gasteiger charge is 2.27. The number of aliphatic carboxylic acids is 1. The molecule has 0 aliphatic carbocycles. The van der Waals surface area contributed by atoms with Gasteiger partial charge in [-0.2, -0.15) is 0 Å². The van der Waals surface area contributed by atoms with Crippen LogP contribution in [0.1, 0.15) is 271 Å². The van der Waals surface area contributed by atoms with Crippen LogP contribution in [-0.2, 0) is 32.7 Å². The average molecular weight is 890 g/mol. The van der Waals surface area contributed by atoms with E-state index in [0.717, 1.165) is 38.5 Å². The SMILES string of the molecule is CCCCCCCCCCCCCCCCCCCCCCCCCCOCC(COP(=O)(O)OCC(N)C(=O)O)OC(=O)CCCCCCCCCCCCCCCCC. The number of carboxylic acids is 1. The zero-order valence-corrected chi connectivity index (χ0v) is 40.9. The zero-order chi connectivity index (χ0) is 44.8. The van der Waals surface area contributed by atoms with Crippen molar-refractivity contribution in [1.82, 2.24) is 0 Å². The predicted molar refractivity (Wildman–Crippen MR) is 254 cm³/mol. The maximum absolute atomic E-state index is 12.7. The van der Waals surface area contributed by atoms with Gasteiger partial charge in [0.2, 0.25) is 0 Å². The van der Waals surface area contributed by atoms with Gasteiger partial charge >= 0.3 is 19.8 Å². The summed E-state index contributed by atoms with van der Waals surface area (Å²) in [5.41, 5.74) is 5.37. The summed E-state index contributed by atoms with van der Waals surface area (Å²) in [6.45, 7) is 3.96. The molecule has 0 fully saturated rings. The lowest BCUT2D eigenvalue weighted by Crippen LogP contribution is -2.34. The second kappa shape index (κ2) is 46.9. The third-order valence-corrected chi connectivity index (χ3v) is 12.8. The van der Waals surface area contributed by atoms with Crippen molar-refractivity contribution >= 4 is 19.8 Å². The lowest BCUT2D eigenvalue weighted by atomic mass is 10.0.